The highest BCUT2D eigenvalue weighted by Gasteiger charge is 2.35. The van der Waals surface area contributed by atoms with Gasteiger partial charge in [-0.3, -0.25) is 19.7 Å². The number of piperazine rings is 1. The van der Waals surface area contributed by atoms with Crippen molar-refractivity contribution in [1.82, 2.24) is 10.2 Å². The monoisotopic (exact) mass is 279 g/mol. The largest absolute Gasteiger partial charge is 0.396 e. The molecule has 1 unspecified atom stereocenters. The molecule has 0 aliphatic carbocycles. The summed E-state index contributed by atoms with van der Waals surface area (Å²) in [5.41, 5.74) is 5.41. The molecule has 0 radical (unpaired) electrons. The number of halogens is 1. The third-order valence-corrected chi connectivity index (χ3v) is 3.15. The van der Waals surface area contributed by atoms with E-state index in [0.29, 0.717) is 6.42 Å². The smallest absolute Gasteiger partial charge is 0.255 e. The van der Waals surface area contributed by atoms with Gasteiger partial charge in [0.1, 0.15) is 18.4 Å². The maximum atomic E-state index is 13.1. The highest BCUT2D eigenvalue weighted by atomic mass is 19.1. The molecule has 0 aromatic heterocycles. The van der Waals surface area contributed by atoms with Gasteiger partial charge in [0, 0.05) is 5.56 Å². The van der Waals surface area contributed by atoms with Gasteiger partial charge in [0.25, 0.3) is 5.91 Å². The molecule has 0 saturated carbocycles. The van der Waals surface area contributed by atoms with Crippen molar-refractivity contribution < 1.29 is 18.8 Å². The molecule has 1 heterocycles. The molecule has 1 aromatic carbocycles. The summed E-state index contributed by atoms with van der Waals surface area (Å²) in [5, 5.41) is 2.18. The summed E-state index contributed by atoms with van der Waals surface area (Å²) in [6, 6.07) is 2.83. The van der Waals surface area contributed by atoms with Crippen LogP contribution in [0.1, 0.15) is 23.7 Å². The topological polar surface area (TPSA) is 92.5 Å². The van der Waals surface area contributed by atoms with Crippen LogP contribution in [-0.4, -0.2) is 35.2 Å². The highest BCUT2D eigenvalue weighted by molar-refractivity contribution is 6.07. The minimum absolute atomic E-state index is 0.143. The van der Waals surface area contributed by atoms with Gasteiger partial charge in [-0.1, -0.05) is 6.92 Å². The molecule has 106 valence electrons. The molecule has 20 heavy (non-hydrogen) atoms. The van der Waals surface area contributed by atoms with Crippen molar-refractivity contribution in [3.63, 3.8) is 0 Å². The zero-order valence-electron chi connectivity index (χ0n) is 10.9. The first-order chi connectivity index (χ1) is 9.43. The first-order valence-corrected chi connectivity index (χ1v) is 6.13. The summed E-state index contributed by atoms with van der Waals surface area (Å²) in [4.78, 5) is 36.6. The third kappa shape index (κ3) is 2.47. The number of benzene rings is 1. The van der Waals surface area contributed by atoms with Crippen LogP contribution in [0.3, 0.4) is 0 Å². The predicted octanol–water partition coefficient (Wildman–Crippen LogP) is 0.285. The first-order valence-electron chi connectivity index (χ1n) is 6.13. The van der Waals surface area contributed by atoms with E-state index >= 15 is 0 Å². The molecule has 2 rings (SSSR count). The van der Waals surface area contributed by atoms with E-state index in [4.69, 9.17) is 5.73 Å². The Bertz CT molecular complexity index is 588. The number of nitrogens with one attached hydrogen (secondary N) is 1. The molecule has 0 spiro atoms. The second-order valence-electron chi connectivity index (χ2n) is 4.51. The second kappa shape index (κ2) is 5.28. The van der Waals surface area contributed by atoms with Crippen molar-refractivity contribution >= 4 is 23.4 Å². The summed E-state index contributed by atoms with van der Waals surface area (Å²) in [5.74, 6) is -2.19. The van der Waals surface area contributed by atoms with Crippen LogP contribution in [0.2, 0.25) is 0 Å². The molecule has 1 aliphatic rings. The number of hydrogen-bond acceptors (Lipinski definition) is 4. The fourth-order valence-electron chi connectivity index (χ4n) is 2.13. The Morgan fingerprint density at radius 1 is 1.50 bits per heavy atom. The number of carbonyl (C=O) groups is 3. The van der Waals surface area contributed by atoms with Gasteiger partial charge in [0.2, 0.25) is 11.8 Å². The van der Waals surface area contributed by atoms with Crippen LogP contribution in [0.5, 0.6) is 0 Å². The molecular weight excluding hydrogens is 265 g/mol. The van der Waals surface area contributed by atoms with Crippen molar-refractivity contribution in [1.29, 1.82) is 0 Å². The third-order valence-electron chi connectivity index (χ3n) is 3.15. The van der Waals surface area contributed by atoms with Gasteiger partial charge >= 0.3 is 0 Å². The minimum atomic E-state index is -0.716. The van der Waals surface area contributed by atoms with Crippen molar-refractivity contribution in [2.24, 2.45) is 0 Å². The van der Waals surface area contributed by atoms with Crippen LogP contribution < -0.4 is 11.1 Å². The zero-order chi connectivity index (χ0) is 14.9. The molecule has 3 amide bonds. The fourth-order valence-corrected chi connectivity index (χ4v) is 2.13. The number of rotatable bonds is 2. The summed E-state index contributed by atoms with van der Waals surface area (Å²) in [6.07, 6.45) is 0.377. The van der Waals surface area contributed by atoms with Crippen LogP contribution in [0.25, 0.3) is 0 Å². The lowest BCUT2D eigenvalue weighted by molar-refractivity contribution is -0.138. The van der Waals surface area contributed by atoms with E-state index in [1.54, 1.807) is 6.92 Å². The quantitative estimate of drug-likeness (QED) is 0.601. The Labute approximate surface area is 114 Å². The molecule has 7 heteroatoms. The highest BCUT2D eigenvalue weighted by Crippen LogP contribution is 2.17. The van der Waals surface area contributed by atoms with Gasteiger partial charge in [0.05, 0.1) is 5.69 Å². The van der Waals surface area contributed by atoms with E-state index in [9.17, 15) is 18.8 Å². The van der Waals surface area contributed by atoms with Gasteiger partial charge in [-0.05, 0) is 24.6 Å². The van der Waals surface area contributed by atoms with Gasteiger partial charge < -0.3 is 10.6 Å². The van der Waals surface area contributed by atoms with E-state index in [0.717, 1.165) is 6.07 Å². The van der Waals surface area contributed by atoms with Crippen molar-refractivity contribution in [3.05, 3.63) is 29.6 Å². The van der Waals surface area contributed by atoms with Gasteiger partial charge in [-0.2, -0.15) is 0 Å². The van der Waals surface area contributed by atoms with Crippen LogP contribution in [0.4, 0.5) is 10.1 Å². The average Bonchev–Trinajstić information content (AvgIpc) is 2.40. The number of nitrogens with zero attached hydrogens (tertiary/aromatic N) is 1. The van der Waals surface area contributed by atoms with Gasteiger partial charge in [-0.25, -0.2) is 4.39 Å². The minimum Gasteiger partial charge on any atom is -0.396 e. The number of nitrogens with two attached hydrogens (primary N) is 1. The van der Waals surface area contributed by atoms with E-state index in [2.05, 4.69) is 5.32 Å². The Morgan fingerprint density at radius 2 is 2.20 bits per heavy atom. The van der Waals surface area contributed by atoms with Crippen molar-refractivity contribution in [3.8, 4) is 0 Å². The van der Waals surface area contributed by atoms with Crippen LogP contribution in [-0.2, 0) is 9.59 Å². The lowest BCUT2D eigenvalue weighted by atomic mass is 10.1. The molecule has 0 bridgehead atoms. The number of anilines is 1. The molecule has 1 aliphatic heterocycles. The molecule has 1 fully saturated rings. The van der Waals surface area contributed by atoms with Crippen LogP contribution >= 0.6 is 0 Å². The maximum Gasteiger partial charge on any atom is 0.255 e. The van der Waals surface area contributed by atoms with Gasteiger partial charge in [-0.15, -0.1) is 0 Å². The predicted molar refractivity (Wildman–Crippen MR) is 69.1 cm³/mol. The summed E-state index contributed by atoms with van der Waals surface area (Å²) in [7, 11) is 0. The SMILES string of the molecule is CCC1C(=O)NC(=O)CN1C(=O)c1ccc(F)c(N)c1. The van der Waals surface area contributed by atoms with E-state index in [1.807, 2.05) is 0 Å². The van der Waals surface area contributed by atoms with Crippen molar-refractivity contribution in [2.75, 3.05) is 12.3 Å². The Morgan fingerprint density at radius 3 is 2.80 bits per heavy atom. The summed E-state index contributed by atoms with van der Waals surface area (Å²) >= 11 is 0. The van der Waals surface area contributed by atoms with E-state index in [1.165, 1.54) is 17.0 Å². The Balaban J connectivity index is 2.32. The number of nitrogen functional groups attached to an aromatic ring is 1. The van der Waals surface area contributed by atoms with Crippen LogP contribution in [0, 0.1) is 5.82 Å². The van der Waals surface area contributed by atoms with E-state index in [-0.39, 0.29) is 17.8 Å². The standard InChI is InChI=1S/C13H14FN3O3/c1-2-10-12(19)16-11(18)6-17(10)13(20)7-3-4-8(14)9(15)5-7/h3-5,10H,2,6,15H2,1H3,(H,16,18,19). The average molecular weight is 279 g/mol. The summed E-state index contributed by atoms with van der Waals surface area (Å²) in [6.45, 7) is 1.53. The number of hydrogen-bond donors (Lipinski definition) is 2. The fraction of sp³-hybridized carbons (Fsp3) is 0.308. The Kier molecular flexibility index (Phi) is 3.69. The zero-order valence-corrected chi connectivity index (χ0v) is 10.9. The molecule has 1 aromatic rings. The maximum absolute atomic E-state index is 13.1. The molecule has 1 saturated heterocycles. The molecule has 3 N–H and O–H groups in total. The van der Waals surface area contributed by atoms with Crippen LogP contribution in [0.15, 0.2) is 18.2 Å². The first kappa shape index (κ1) is 14.0. The van der Waals surface area contributed by atoms with Crippen molar-refractivity contribution in [2.45, 2.75) is 19.4 Å². The molecular formula is C13H14FN3O3. The summed E-state index contributed by atoms with van der Waals surface area (Å²) < 4.78 is 13.1. The van der Waals surface area contributed by atoms with E-state index < -0.39 is 29.6 Å². The Hall–Kier alpha value is -2.44. The second-order valence-corrected chi connectivity index (χ2v) is 4.51. The lowest BCUT2D eigenvalue weighted by Gasteiger charge is -2.33. The molecule has 1 atom stereocenters. The number of carbonyl (C=O) groups excluding carboxylic acids is 3. The molecule has 6 nitrogen and oxygen atoms in total. The number of imide groups is 1. The lowest BCUT2D eigenvalue weighted by Crippen LogP contribution is -2.59. The normalized spacial score (nSPS) is 18.9. The number of amides is 3. The van der Waals surface area contributed by atoms with Gasteiger partial charge in [0.15, 0.2) is 0 Å².